The molecular formula is C21H24N6O3. The Bertz CT molecular complexity index is 985. The van der Waals surface area contributed by atoms with Crippen molar-refractivity contribution >= 4 is 11.8 Å². The summed E-state index contributed by atoms with van der Waals surface area (Å²) < 4.78 is 7.29. The quantitative estimate of drug-likeness (QED) is 0.641. The van der Waals surface area contributed by atoms with Crippen molar-refractivity contribution in [2.24, 2.45) is 0 Å². The molecule has 2 amide bonds. The Hall–Kier alpha value is -3.49. The van der Waals surface area contributed by atoms with Crippen molar-refractivity contribution in [3.63, 3.8) is 0 Å². The maximum Gasteiger partial charge on any atom is 0.254 e. The summed E-state index contributed by atoms with van der Waals surface area (Å²) in [5.74, 6) is 0.772. The molecule has 2 aromatic heterocycles. The van der Waals surface area contributed by atoms with Crippen LogP contribution in [0.5, 0.6) is 0 Å². The highest BCUT2D eigenvalue weighted by molar-refractivity contribution is 5.94. The molecule has 0 N–H and O–H groups in total. The van der Waals surface area contributed by atoms with Gasteiger partial charge < -0.3 is 18.9 Å². The first-order valence-electron chi connectivity index (χ1n) is 10.0. The van der Waals surface area contributed by atoms with E-state index >= 15 is 0 Å². The number of imidazole rings is 1. The smallest absolute Gasteiger partial charge is 0.254 e. The van der Waals surface area contributed by atoms with Crippen LogP contribution in [-0.4, -0.2) is 60.9 Å². The molecule has 4 rings (SSSR count). The molecule has 3 heterocycles. The molecule has 0 radical (unpaired) electrons. The third-order valence-corrected chi connectivity index (χ3v) is 5.20. The van der Waals surface area contributed by atoms with Crippen LogP contribution in [0, 0.1) is 6.92 Å². The number of aromatic nitrogens is 4. The average molecular weight is 408 g/mol. The summed E-state index contributed by atoms with van der Waals surface area (Å²) in [6, 6.07) is 8.64. The van der Waals surface area contributed by atoms with Crippen LogP contribution >= 0.6 is 0 Å². The number of nitrogens with zero attached hydrogens (tertiary/aromatic N) is 6. The van der Waals surface area contributed by atoms with Crippen LogP contribution in [0.3, 0.4) is 0 Å². The molecule has 0 spiro atoms. The van der Waals surface area contributed by atoms with E-state index in [1.807, 2.05) is 29.0 Å². The van der Waals surface area contributed by atoms with Crippen molar-refractivity contribution in [3.8, 4) is 0 Å². The molecule has 9 heteroatoms. The topological polar surface area (TPSA) is 97.4 Å². The number of carbonyl (C=O) groups is 2. The van der Waals surface area contributed by atoms with Crippen LogP contribution < -0.4 is 0 Å². The van der Waals surface area contributed by atoms with E-state index in [0.717, 1.165) is 0 Å². The highest BCUT2D eigenvalue weighted by Crippen LogP contribution is 2.26. The minimum absolute atomic E-state index is 0.0268. The normalized spacial score (nSPS) is 17.0. The molecule has 1 fully saturated rings. The molecule has 1 aromatic carbocycles. The van der Waals surface area contributed by atoms with Gasteiger partial charge in [-0.15, -0.1) is 0 Å². The maximum atomic E-state index is 13.2. The van der Waals surface area contributed by atoms with Crippen LogP contribution in [0.1, 0.15) is 41.0 Å². The van der Waals surface area contributed by atoms with E-state index < -0.39 is 6.04 Å². The summed E-state index contributed by atoms with van der Waals surface area (Å²) in [5, 5.41) is 3.89. The zero-order chi connectivity index (χ0) is 20.9. The monoisotopic (exact) mass is 408 g/mol. The molecule has 9 nitrogen and oxygen atoms in total. The van der Waals surface area contributed by atoms with Gasteiger partial charge in [0.1, 0.15) is 6.04 Å². The lowest BCUT2D eigenvalue weighted by Gasteiger charge is -2.29. The third kappa shape index (κ3) is 4.40. The van der Waals surface area contributed by atoms with E-state index in [1.165, 1.54) is 0 Å². The number of carbonyl (C=O) groups excluding carboxylic acids is 2. The summed E-state index contributed by atoms with van der Waals surface area (Å²) in [6.45, 7) is 3.70. The van der Waals surface area contributed by atoms with E-state index in [2.05, 4.69) is 15.1 Å². The summed E-state index contributed by atoms with van der Waals surface area (Å²) in [5.41, 5.74) is 0.596. The van der Waals surface area contributed by atoms with Gasteiger partial charge >= 0.3 is 0 Å². The molecule has 0 aliphatic carbocycles. The molecule has 1 saturated heterocycles. The van der Waals surface area contributed by atoms with Crippen molar-refractivity contribution in [1.29, 1.82) is 0 Å². The molecule has 30 heavy (non-hydrogen) atoms. The Balaban J connectivity index is 1.55. The number of benzene rings is 1. The van der Waals surface area contributed by atoms with Crippen LogP contribution in [0.2, 0.25) is 0 Å². The largest absolute Gasteiger partial charge is 0.340 e. The van der Waals surface area contributed by atoms with Gasteiger partial charge in [-0.3, -0.25) is 9.59 Å². The molecule has 156 valence electrons. The Morgan fingerprint density at radius 1 is 1.20 bits per heavy atom. The number of rotatable bonds is 5. The second-order valence-electron chi connectivity index (χ2n) is 7.30. The number of hydrogen-bond donors (Lipinski definition) is 0. The van der Waals surface area contributed by atoms with Gasteiger partial charge in [0.2, 0.25) is 5.91 Å². The fourth-order valence-corrected chi connectivity index (χ4v) is 3.66. The Morgan fingerprint density at radius 3 is 2.73 bits per heavy atom. The van der Waals surface area contributed by atoms with E-state index in [9.17, 15) is 9.59 Å². The zero-order valence-corrected chi connectivity index (χ0v) is 16.8. The highest BCUT2D eigenvalue weighted by Gasteiger charge is 2.35. The van der Waals surface area contributed by atoms with Gasteiger partial charge in [-0.2, -0.15) is 4.98 Å². The molecule has 1 aliphatic rings. The highest BCUT2D eigenvalue weighted by atomic mass is 16.5. The van der Waals surface area contributed by atoms with Crippen molar-refractivity contribution in [3.05, 3.63) is 66.3 Å². The summed E-state index contributed by atoms with van der Waals surface area (Å²) in [6.07, 6.45) is 6.26. The van der Waals surface area contributed by atoms with Gasteiger partial charge in [-0.1, -0.05) is 23.4 Å². The van der Waals surface area contributed by atoms with Gasteiger partial charge in [0.05, 0.1) is 12.9 Å². The minimum Gasteiger partial charge on any atom is -0.340 e. The van der Waals surface area contributed by atoms with E-state index in [1.54, 1.807) is 41.4 Å². The molecular weight excluding hydrogens is 384 g/mol. The first kappa shape index (κ1) is 19.8. The van der Waals surface area contributed by atoms with Gasteiger partial charge in [-0.05, 0) is 25.5 Å². The molecule has 1 atom stereocenters. The van der Waals surface area contributed by atoms with Crippen LogP contribution in [0.15, 0.2) is 53.6 Å². The van der Waals surface area contributed by atoms with Crippen LogP contribution in [-0.2, 0) is 11.3 Å². The predicted octanol–water partition coefficient (Wildman–Crippen LogP) is 2.08. The lowest BCUT2D eigenvalue weighted by Crippen LogP contribution is -2.40. The fraction of sp³-hybridized carbons (Fsp3) is 0.381. The molecule has 0 saturated carbocycles. The van der Waals surface area contributed by atoms with Crippen LogP contribution in [0.25, 0.3) is 0 Å². The molecule has 1 aliphatic heterocycles. The van der Waals surface area contributed by atoms with E-state index in [4.69, 9.17) is 4.52 Å². The second-order valence-corrected chi connectivity index (χ2v) is 7.30. The standard InChI is InChI=1S/C21H24N6O3/c1-16-23-20(30-24-16)18-14-26(19(28)8-12-25-13-9-22-15-25)10-5-11-27(18)21(29)17-6-3-2-4-7-17/h2-4,6-7,9,13,15,18H,5,8,10-12,14H2,1H3. The molecule has 1 unspecified atom stereocenters. The Labute approximate surface area is 174 Å². The lowest BCUT2D eigenvalue weighted by molar-refractivity contribution is -0.131. The maximum absolute atomic E-state index is 13.2. The molecule has 0 bridgehead atoms. The van der Waals surface area contributed by atoms with Gasteiger partial charge in [0.25, 0.3) is 11.8 Å². The second kappa shape index (κ2) is 8.89. The van der Waals surface area contributed by atoms with Gasteiger partial charge in [0, 0.05) is 44.0 Å². The summed E-state index contributed by atoms with van der Waals surface area (Å²) in [7, 11) is 0. The van der Waals surface area contributed by atoms with Crippen molar-refractivity contribution in [2.45, 2.75) is 32.4 Å². The van der Waals surface area contributed by atoms with E-state index in [0.29, 0.717) is 56.3 Å². The fourth-order valence-electron chi connectivity index (χ4n) is 3.66. The van der Waals surface area contributed by atoms with Gasteiger partial charge in [-0.25, -0.2) is 4.98 Å². The number of hydrogen-bond acceptors (Lipinski definition) is 6. The Kier molecular flexibility index (Phi) is 5.87. The van der Waals surface area contributed by atoms with Crippen molar-refractivity contribution < 1.29 is 14.1 Å². The summed E-state index contributed by atoms with van der Waals surface area (Å²) >= 11 is 0. The predicted molar refractivity (Wildman–Crippen MR) is 107 cm³/mol. The van der Waals surface area contributed by atoms with Crippen molar-refractivity contribution in [1.82, 2.24) is 29.5 Å². The summed E-state index contributed by atoms with van der Waals surface area (Å²) in [4.78, 5) is 38.0. The van der Waals surface area contributed by atoms with Gasteiger partial charge in [0.15, 0.2) is 5.82 Å². The van der Waals surface area contributed by atoms with Crippen molar-refractivity contribution in [2.75, 3.05) is 19.6 Å². The number of aryl methyl sites for hydroxylation is 2. The number of amides is 2. The average Bonchev–Trinajstić information content (AvgIpc) is 3.39. The third-order valence-electron chi connectivity index (χ3n) is 5.20. The first-order valence-corrected chi connectivity index (χ1v) is 10.0. The first-order chi connectivity index (χ1) is 14.6. The SMILES string of the molecule is Cc1noc(C2CN(C(=O)CCn3ccnc3)CCCN2C(=O)c2ccccc2)n1. The molecule has 3 aromatic rings. The van der Waals surface area contributed by atoms with E-state index in [-0.39, 0.29) is 11.8 Å². The minimum atomic E-state index is -0.487. The Morgan fingerprint density at radius 2 is 2.03 bits per heavy atom. The zero-order valence-electron chi connectivity index (χ0n) is 16.8. The lowest BCUT2D eigenvalue weighted by atomic mass is 10.1. The van der Waals surface area contributed by atoms with Crippen LogP contribution in [0.4, 0.5) is 0 Å².